The van der Waals surface area contributed by atoms with Crippen molar-refractivity contribution in [1.82, 2.24) is 0 Å². The molecule has 0 amide bonds. The van der Waals surface area contributed by atoms with Crippen LogP contribution in [0.4, 0.5) is 0 Å². The number of halogens is 4. The van der Waals surface area contributed by atoms with Gasteiger partial charge in [0.2, 0.25) is 10.9 Å². The molecule has 0 rings (SSSR count). The maximum atomic E-state index is 11.9. The monoisotopic (exact) mass is 926 g/mol. The fraction of sp³-hybridized carbons (Fsp3) is 0.806. The number of alkyl halides is 1. The Morgan fingerprint density at radius 1 is 0.673 bits per heavy atom. The fourth-order valence-corrected chi connectivity index (χ4v) is 4.90. The first-order chi connectivity index (χ1) is 23.4. The van der Waals surface area contributed by atoms with Crippen LogP contribution in [-0.4, -0.2) is 70.3 Å². The third-order valence-electron chi connectivity index (χ3n) is 7.10. The van der Waals surface area contributed by atoms with Crippen LogP contribution in [0.15, 0.2) is 12.2 Å². The van der Waals surface area contributed by atoms with Gasteiger partial charge in [-0.05, 0) is 78.1 Å². The van der Waals surface area contributed by atoms with Crippen molar-refractivity contribution in [1.29, 1.82) is 0 Å². The van der Waals surface area contributed by atoms with E-state index in [4.69, 9.17) is 25.8 Å². The third-order valence-corrected chi connectivity index (χ3v) is 7.44. The first kappa shape index (κ1) is 66.1. The van der Waals surface area contributed by atoms with E-state index in [9.17, 15) is 24.0 Å². The number of carbonyl (C=O) groups excluding carboxylic acids is 5. The summed E-state index contributed by atoms with van der Waals surface area (Å²) in [5.41, 5.74) is -0.722. The molecule has 0 fully saturated rings. The summed E-state index contributed by atoms with van der Waals surface area (Å²) < 4.78 is 23.4. The predicted molar refractivity (Wildman–Crippen MR) is 201 cm³/mol. The van der Waals surface area contributed by atoms with Gasteiger partial charge in [0, 0.05) is 22.6 Å². The van der Waals surface area contributed by atoms with Gasteiger partial charge in [0.15, 0.2) is 0 Å². The van der Waals surface area contributed by atoms with Crippen LogP contribution in [0.2, 0.25) is 0 Å². The zero-order chi connectivity index (χ0) is 42.2. The van der Waals surface area contributed by atoms with Crippen LogP contribution in [0.3, 0.4) is 0 Å². The summed E-state index contributed by atoms with van der Waals surface area (Å²) in [4.78, 5) is 55.8. The molecular formula is C36H68Cl4Cu2O10+2. The molecule has 320 valence electrons. The van der Waals surface area contributed by atoms with Gasteiger partial charge in [-0.1, -0.05) is 61.5 Å². The van der Waals surface area contributed by atoms with E-state index in [1.165, 1.54) is 42.0 Å². The Balaban J connectivity index is -0.000000113. The van der Waals surface area contributed by atoms with Gasteiger partial charge < -0.3 is 23.7 Å². The first-order valence-electron chi connectivity index (χ1n) is 16.5. The Morgan fingerprint density at radius 3 is 1.23 bits per heavy atom. The molecule has 0 aromatic heterocycles. The van der Waals surface area contributed by atoms with E-state index < -0.39 is 21.7 Å². The maximum Gasteiger partial charge on any atom is 0 e. The minimum absolute atomic E-state index is 0. The van der Waals surface area contributed by atoms with E-state index in [2.05, 4.69) is 90.7 Å². The summed E-state index contributed by atoms with van der Waals surface area (Å²) in [6.07, 6.45) is 4.80. The second kappa shape index (κ2) is 38.6. The summed E-state index contributed by atoms with van der Waals surface area (Å²) in [6, 6.07) is 0. The standard InChI is InChI=1S/C14H25ClO4.C14H26O4.C5H8O2.C3H8.Cl2H.ClH.2Cu/c1-10(2)9-13(3,11(16)18-5)7-8-14(4,15)12(17)19-6;1-10(2)9-14(4,13(16)18-6)8-7-11(3)12(15)17-5;1-4(2)5(6)7-3;1-3-2;1-2;;;/h10H,7-9H2,1-6H3;10-11H,7-9H2,1-6H3;1H2,2-3H3;3H2,1-2H3;1H;1H;;/q;;;;+1;;;+2/p-1. The topological polar surface area (TPSA) is 132 Å². The molecule has 0 spiro atoms. The minimum Gasteiger partial charge on any atom is 0 e. The average molecular weight is 930 g/mol. The molecule has 0 saturated carbocycles. The Hall–Kier alpha value is -0.711. The van der Waals surface area contributed by atoms with E-state index in [1.807, 2.05) is 34.6 Å². The van der Waals surface area contributed by atoms with Crippen LogP contribution in [-0.2, 0) is 79.8 Å². The Labute approximate surface area is 353 Å². The second-order valence-electron chi connectivity index (χ2n) is 13.4. The van der Waals surface area contributed by atoms with Crippen molar-refractivity contribution >= 4 is 62.4 Å². The molecule has 0 saturated heterocycles. The Bertz CT molecular complexity index is 969. The maximum absolute atomic E-state index is 11.9. The number of carbonyl (C=O) groups is 5. The number of hydrogen-bond donors (Lipinski definition) is 0. The second-order valence-corrected chi connectivity index (χ2v) is 14.3. The molecule has 10 nitrogen and oxygen atoms in total. The molecule has 52 heavy (non-hydrogen) atoms. The summed E-state index contributed by atoms with van der Waals surface area (Å²) in [6.45, 7) is 24.6. The van der Waals surface area contributed by atoms with Crippen molar-refractivity contribution in [3.8, 4) is 0 Å². The largest absolute Gasteiger partial charge is 0 e. The van der Waals surface area contributed by atoms with Crippen LogP contribution in [0.5, 0.6) is 0 Å². The van der Waals surface area contributed by atoms with Crippen molar-refractivity contribution in [2.75, 3.05) is 35.5 Å². The van der Waals surface area contributed by atoms with Crippen molar-refractivity contribution in [3.05, 3.63) is 12.2 Å². The number of methoxy groups -OCH3 is 5. The van der Waals surface area contributed by atoms with Gasteiger partial charge in [0.1, 0.15) is 4.87 Å². The Morgan fingerprint density at radius 2 is 1.00 bits per heavy atom. The van der Waals surface area contributed by atoms with Gasteiger partial charge in [-0.15, -0.1) is 11.6 Å². The van der Waals surface area contributed by atoms with E-state index in [0.717, 1.165) is 6.42 Å². The molecule has 0 bridgehead atoms. The molecule has 0 aromatic carbocycles. The van der Waals surface area contributed by atoms with Gasteiger partial charge in [-0.3, -0.25) is 19.2 Å². The van der Waals surface area contributed by atoms with Gasteiger partial charge >= 0.3 is 55.0 Å². The zero-order valence-corrected chi connectivity index (χ0v) is 39.1. The van der Waals surface area contributed by atoms with Crippen LogP contribution < -0.4 is 0 Å². The van der Waals surface area contributed by atoms with E-state index in [-0.39, 0.29) is 46.9 Å². The number of esters is 5. The van der Waals surface area contributed by atoms with Crippen LogP contribution in [0.1, 0.15) is 121 Å². The molecule has 0 aliphatic heterocycles. The van der Waals surface area contributed by atoms with E-state index >= 15 is 0 Å². The number of ether oxygens (including phenoxy) is 5. The van der Waals surface area contributed by atoms with E-state index in [1.54, 1.807) is 13.8 Å². The predicted octanol–water partition coefficient (Wildman–Crippen LogP) is 9.22. The third kappa shape index (κ3) is 33.8. The smallest absolute Gasteiger partial charge is 0 e. The normalized spacial score (nSPS) is 13.5. The van der Waals surface area contributed by atoms with Gasteiger partial charge in [0.05, 0.1) is 52.3 Å². The fourth-order valence-electron chi connectivity index (χ4n) is 4.72. The van der Waals surface area contributed by atoms with Crippen LogP contribution >= 0.6 is 32.6 Å². The van der Waals surface area contributed by atoms with Crippen molar-refractivity contribution in [2.24, 2.45) is 28.6 Å². The molecule has 0 aliphatic rings. The molecular weight excluding hydrogens is 861 g/mol. The first-order valence-corrected chi connectivity index (χ1v) is 19.4. The summed E-state index contributed by atoms with van der Waals surface area (Å²) in [5.74, 6) is -0.957. The molecule has 0 N–H and O–H groups in total. The summed E-state index contributed by atoms with van der Waals surface area (Å²) >= 11 is 9.81. The number of hydrogen-bond acceptors (Lipinski definition) is 10. The summed E-state index contributed by atoms with van der Waals surface area (Å²) in [7, 11) is 18.8. The Kier molecular flexibility index (Phi) is 49.0. The van der Waals surface area contributed by atoms with Gasteiger partial charge in [-0.25, -0.2) is 4.79 Å². The minimum atomic E-state index is -1.11. The molecule has 4 unspecified atom stereocenters. The number of rotatable bonds is 15. The van der Waals surface area contributed by atoms with Gasteiger partial charge in [-0.2, -0.15) is 0 Å². The SMILES string of the molecule is C=C(C)C(=O)OC.CCC.COC(=O)C(C)(Cl)CCC(C)(CC(C)C)C(=O)OC.COC(=O)C(C)CCC(C)(CC(C)C)C(=O)OC.Cl[ClH+].[Cl][Cu+].[Cu]. The average Bonchev–Trinajstić information content (AvgIpc) is 3.09. The quantitative estimate of drug-likeness (QED) is 0.0515. The molecule has 16 heteroatoms. The van der Waals surface area contributed by atoms with Crippen molar-refractivity contribution in [2.45, 2.75) is 126 Å². The molecule has 0 aliphatic carbocycles. The van der Waals surface area contributed by atoms with Crippen molar-refractivity contribution in [3.63, 3.8) is 0 Å². The van der Waals surface area contributed by atoms with Gasteiger partial charge in [0.25, 0.3) is 10.9 Å². The van der Waals surface area contributed by atoms with Crippen LogP contribution in [0, 0.1) is 39.4 Å². The van der Waals surface area contributed by atoms with Crippen molar-refractivity contribution < 1.29 is 90.7 Å². The van der Waals surface area contributed by atoms with E-state index in [0.29, 0.717) is 49.5 Å². The molecule has 1 radical (unpaired) electrons. The summed E-state index contributed by atoms with van der Waals surface area (Å²) in [5, 5.41) is 0. The molecule has 4 atom stereocenters. The molecule has 0 aromatic rings. The zero-order valence-electron chi connectivity index (χ0n) is 34.1. The van der Waals surface area contributed by atoms with Crippen LogP contribution in [0.25, 0.3) is 0 Å². The molecule has 0 heterocycles.